The maximum Gasteiger partial charge on any atom is 0.574 e. The second kappa shape index (κ2) is 5.66. The molecule has 0 aliphatic heterocycles. The number of methoxy groups -OCH3 is 2. The van der Waals surface area contributed by atoms with Crippen molar-refractivity contribution in [1.29, 1.82) is 0 Å². The summed E-state index contributed by atoms with van der Waals surface area (Å²) in [6.07, 6.45) is -10.4. The molecule has 1 heterocycles. The maximum atomic E-state index is 12.8. The van der Waals surface area contributed by atoms with Gasteiger partial charge in [0.2, 0.25) is 5.88 Å². The lowest BCUT2D eigenvalue weighted by Crippen LogP contribution is -2.21. The Balaban J connectivity index is 3.54. The van der Waals surface area contributed by atoms with Crippen LogP contribution in [0.25, 0.3) is 0 Å². The van der Waals surface area contributed by atoms with Gasteiger partial charge in [-0.1, -0.05) is 0 Å². The van der Waals surface area contributed by atoms with Gasteiger partial charge in [0, 0.05) is 6.07 Å². The van der Waals surface area contributed by atoms with Crippen LogP contribution < -0.4 is 9.47 Å². The fourth-order valence-corrected chi connectivity index (χ4v) is 1.33. The Labute approximate surface area is 113 Å². The molecule has 0 spiro atoms. The SMILES string of the molecule is COC(=O)c1nc(OC(F)(F)F)cc(C(F)(F)F)c1OC. The van der Waals surface area contributed by atoms with Crippen LogP contribution in [0.1, 0.15) is 16.1 Å². The number of esters is 1. The van der Waals surface area contributed by atoms with Crippen LogP contribution in [0.4, 0.5) is 26.3 Å². The van der Waals surface area contributed by atoms with Crippen molar-refractivity contribution in [3.05, 3.63) is 17.3 Å². The lowest BCUT2D eigenvalue weighted by Gasteiger charge is -2.16. The lowest BCUT2D eigenvalue weighted by molar-refractivity contribution is -0.276. The molecule has 5 nitrogen and oxygen atoms in total. The van der Waals surface area contributed by atoms with E-state index in [0.717, 1.165) is 14.2 Å². The summed E-state index contributed by atoms with van der Waals surface area (Å²) in [5.74, 6) is -3.94. The molecule has 118 valence electrons. The first-order valence-corrected chi connectivity index (χ1v) is 5.00. The summed E-state index contributed by atoms with van der Waals surface area (Å²) in [5, 5.41) is 0. The minimum Gasteiger partial charge on any atom is -0.494 e. The molecule has 0 atom stereocenters. The number of carbonyl (C=O) groups is 1. The van der Waals surface area contributed by atoms with Crippen LogP contribution in [0.3, 0.4) is 0 Å². The third-order valence-electron chi connectivity index (χ3n) is 2.06. The number of alkyl halides is 6. The number of hydrogen-bond donors (Lipinski definition) is 0. The molecule has 1 aromatic heterocycles. The number of nitrogens with zero attached hydrogens (tertiary/aromatic N) is 1. The summed E-state index contributed by atoms with van der Waals surface area (Å²) in [5.41, 5.74) is -2.74. The zero-order valence-corrected chi connectivity index (χ0v) is 10.4. The minimum atomic E-state index is -5.28. The Hall–Kier alpha value is -2.20. The van der Waals surface area contributed by atoms with Gasteiger partial charge in [0.05, 0.1) is 14.2 Å². The Bertz CT molecular complexity index is 540. The fourth-order valence-electron chi connectivity index (χ4n) is 1.33. The summed E-state index contributed by atoms with van der Waals surface area (Å²) in [6.45, 7) is 0. The topological polar surface area (TPSA) is 57.7 Å². The Kier molecular flexibility index (Phi) is 4.54. The van der Waals surface area contributed by atoms with Gasteiger partial charge < -0.3 is 14.2 Å². The van der Waals surface area contributed by atoms with Gasteiger partial charge in [0.1, 0.15) is 5.56 Å². The van der Waals surface area contributed by atoms with E-state index in [1.54, 1.807) is 0 Å². The molecule has 0 saturated heterocycles. The Morgan fingerprint density at radius 2 is 1.71 bits per heavy atom. The van der Waals surface area contributed by atoms with Gasteiger partial charge in [-0.15, -0.1) is 13.2 Å². The van der Waals surface area contributed by atoms with Crippen molar-refractivity contribution in [2.45, 2.75) is 12.5 Å². The first-order chi connectivity index (χ1) is 9.49. The molecule has 0 aliphatic carbocycles. The number of pyridine rings is 1. The number of aromatic nitrogens is 1. The summed E-state index contributed by atoms with van der Waals surface area (Å²) in [6, 6.07) is -0.0290. The quantitative estimate of drug-likeness (QED) is 0.633. The lowest BCUT2D eigenvalue weighted by atomic mass is 10.2. The summed E-state index contributed by atoms with van der Waals surface area (Å²) < 4.78 is 86.5. The first-order valence-electron chi connectivity index (χ1n) is 5.00. The molecule has 0 unspecified atom stereocenters. The Morgan fingerprint density at radius 3 is 2.10 bits per heavy atom. The largest absolute Gasteiger partial charge is 0.574 e. The van der Waals surface area contributed by atoms with E-state index in [9.17, 15) is 31.1 Å². The first kappa shape index (κ1) is 16.9. The van der Waals surface area contributed by atoms with E-state index in [1.165, 1.54) is 0 Å². The van der Waals surface area contributed by atoms with Crippen LogP contribution in [0.15, 0.2) is 6.07 Å². The van der Waals surface area contributed by atoms with Crippen molar-refractivity contribution in [3.63, 3.8) is 0 Å². The van der Waals surface area contributed by atoms with Crippen LogP contribution in [-0.2, 0) is 10.9 Å². The van der Waals surface area contributed by atoms with Crippen molar-refractivity contribution in [3.8, 4) is 11.6 Å². The molecule has 1 aromatic rings. The van der Waals surface area contributed by atoms with Gasteiger partial charge in [-0.05, 0) is 0 Å². The van der Waals surface area contributed by atoms with Crippen molar-refractivity contribution >= 4 is 5.97 Å². The van der Waals surface area contributed by atoms with E-state index < -0.39 is 41.4 Å². The predicted molar refractivity (Wildman–Crippen MR) is 53.8 cm³/mol. The molecule has 11 heteroatoms. The number of hydrogen-bond acceptors (Lipinski definition) is 5. The monoisotopic (exact) mass is 319 g/mol. The van der Waals surface area contributed by atoms with Gasteiger partial charge in [0.15, 0.2) is 11.4 Å². The van der Waals surface area contributed by atoms with Gasteiger partial charge in [-0.2, -0.15) is 13.2 Å². The molecule has 1 rings (SSSR count). The number of halogens is 6. The van der Waals surface area contributed by atoms with Crippen LogP contribution in [0, 0.1) is 0 Å². The normalized spacial score (nSPS) is 12.0. The second-order valence-corrected chi connectivity index (χ2v) is 3.43. The van der Waals surface area contributed by atoms with Gasteiger partial charge in [-0.25, -0.2) is 9.78 Å². The van der Waals surface area contributed by atoms with Gasteiger partial charge in [-0.3, -0.25) is 0 Å². The average molecular weight is 319 g/mol. The van der Waals surface area contributed by atoms with Crippen molar-refractivity contribution in [2.75, 3.05) is 14.2 Å². The molecule has 0 amide bonds. The molecular weight excluding hydrogens is 312 g/mol. The van der Waals surface area contributed by atoms with Crippen molar-refractivity contribution < 1.29 is 45.3 Å². The maximum absolute atomic E-state index is 12.8. The van der Waals surface area contributed by atoms with E-state index >= 15 is 0 Å². The molecule has 0 aromatic carbocycles. The molecule has 0 aliphatic rings. The highest BCUT2D eigenvalue weighted by Gasteiger charge is 2.40. The molecule has 0 fully saturated rings. The van der Waals surface area contributed by atoms with Gasteiger partial charge in [0.25, 0.3) is 0 Å². The second-order valence-electron chi connectivity index (χ2n) is 3.43. The smallest absolute Gasteiger partial charge is 0.494 e. The van der Waals surface area contributed by atoms with Crippen LogP contribution in [0.5, 0.6) is 11.6 Å². The molecule has 0 saturated carbocycles. The molecule has 0 N–H and O–H groups in total. The highest BCUT2D eigenvalue weighted by atomic mass is 19.4. The number of rotatable bonds is 3. The highest BCUT2D eigenvalue weighted by molar-refractivity contribution is 5.91. The fraction of sp³-hybridized carbons (Fsp3) is 0.400. The number of ether oxygens (including phenoxy) is 3. The molecule has 21 heavy (non-hydrogen) atoms. The van der Waals surface area contributed by atoms with E-state index in [2.05, 4.69) is 19.2 Å². The van der Waals surface area contributed by atoms with Crippen molar-refractivity contribution in [1.82, 2.24) is 4.98 Å². The van der Waals surface area contributed by atoms with Crippen LogP contribution >= 0.6 is 0 Å². The summed E-state index contributed by atoms with van der Waals surface area (Å²) in [7, 11) is 1.61. The van der Waals surface area contributed by atoms with E-state index in [-0.39, 0.29) is 6.07 Å². The van der Waals surface area contributed by atoms with E-state index in [4.69, 9.17) is 0 Å². The zero-order chi connectivity index (χ0) is 16.4. The average Bonchev–Trinajstić information content (AvgIpc) is 2.33. The third kappa shape index (κ3) is 4.13. The van der Waals surface area contributed by atoms with Crippen molar-refractivity contribution in [2.24, 2.45) is 0 Å². The summed E-state index contributed by atoms with van der Waals surface area (Å²) >= 11 is 0. The standard InChI is InChI=1S/C10H7F6NO4/c1-19-7-4(9(11,12)13)3-5(21-10(14,15)16)17-6(7)8(18)20-2/h3H,1-2H3. The Morgan fingerprint density at radius 1 is 1.14 bits per heavy atom. The molecule has 0 bridgehead atoms. The third-order valence-corrected chi connectivity index (χ3v) is 2.06. The van der Waals surface area contributed by atoms with Crippen LogP contribution in [0.2, 0.25) is 0 Å². The molecular formula is C10H7F6NO4. The molecule has 0 radical (unpaired) electrons. The summed E-state index contributed by atoms with van der Waals surface area (Å²) in [4.78, 5) is 14.4. The highest BCUT2D eigenvalue weighted by Crippen LogP contribution is 2.40. The number of carbonyl (C=O) groups excluding carboxylic acids is 1. The zero-order valence-electron chi connectivity index (χ0n) is 10.4. The minimum absolute atomic E-state index is 0.0290. The van der Waals surface area contributed by atoms with E-state index in [0.29, 0.717) is 0 Å². The predicted octanol–water partition coefficient (Wildman–Crippen LogP) is 2.79. The van der Waals surface area contributed by atoms with Gasteiger partial charge >= 0.3 is 18.5 Å². The van der Waals surface area contributed by atoms with E-state index in [1.807, 2.05) is 0 Å². The van der Waals surface area contributed by atoms with Crippen LogP contribution in [-0.4, -0.2) is 31.5 Å².